The fourth-order valence-corrected chi connectivity index (χ4v) is 3.37. The Hall–Kier alpha value is -3.56. The summed E-state index contributed by atoms with van der Waals surface area (Å²) in [6, 6.07) is 12.0. The molecule has 1 atom stereocenters. The fraction of sp³-hybridized carbons (Fsp3) is 0.174. The Kier molecular flexibility index (Phi) is 5.77. The normalized spacial score (nSPS) is 12.7. The molecular weight excluding hydrogens is 421 g/mol. The van der Waals surface area contributed by atoms with Crippen LogP contribution in [-0.2, 0) is 6.18 Å². The van der Waals surface area contributed by atoms with Gasteiger partial charge < -0.3 is 15.5 Å². The molecule has 0 saturated carbocycles. The number of benzene rings is 2. The Morgan fingerprint density at radius 1 is 1.00 bits per heavy atom. The molecule has 0 fully saturated rings. The smallest absolute Gasteiger partial charge is 0.393 e. The first-order valence-electron chi connectivity index (χ1n) is 9.71. The molecule has 0 aliphatic carbocycles. The summed E-state index contributed by atoms with van der Waals surface area (Å²) in [6.07, 6.45) is -2.49. The quantitative estimate of drug-likeness (QED) is 0.413. The molecule has 2 aromatic heterocycles. The minimum absolute atomic E-state index is 0.387. The average molecular weight is 440 g/mol. The van der Waals surface area contributed by atoms with Gasteiger partial charge in [0.15, 0.2) is 0 Å². The molecule has 2 aromatic carbocycles. The molecule has 6 nitrogen and oxygen atoms in total. The van der Waals surface area contributed by atoms with Gasteiger partial charge in [0.1, 0.15) is 18.2 Å². The van der Waals surface area contributed by atoms with E-state index in [-0.39, 0.29) is 6.61 Å². The number of aromatic nitrogens is 3. The highest BCUT2D eigenvalue weighted by Gasteiger charge is 2.29. The van der Waals surface area contributed by atoms with E-state index in [4.69, 9.17) is 5.11 Å². The third-order valence-electron chi connectivity index (χ3n) is 5.04. The van der Waals surface area contributed by atoms with Crippen LogP contribution in [0.3, 0.4) is 0 Å². The van der Waals surface area contributed by atoms with Gasteiger partial charge in [-0.1, -0.05) is 6.07 Å². The number of halogens is 3. The molecule has 3 N–H and O–H groups in total. The molecule has 0 amide bonds. The largest absolute Gasteiger partial charge is 0.416 e. The highest BCUT2D eigenvalue weighted by Crippen LogP contribution is 2.32. The molecule has 164 valence electrons. The van der Waals surface area contributed by atoms with Crippen LogP contribution in [0.5, 0.6) is 0 Å². The Labute approximate surface area is 181 Å². The third kappa shape index (κ3) is 4.39. The van der Waals surface area contributed by atoms with E-state index in [0.29, 0.717) is 33.7 Å². The summed E-state index contributed by atoms with van der Waals surface area (Å²) in [4.78, 5) is 12.9. The van der Waals surface area contributed by atoms with Gasteiger partial charge in [-0.05, 0) is 55.0 Å². The maximum Gasteiger partial charge on any atom is 0.416 e. The number of fused-ring (bicyclic) bond motifs is 1. The summed E-state index contributed by atoms with van der Waals surface area (Å²) in [7, 11) is 0. The zero-order valence-electron chi connectivity index (χ0n) is 16.9. The van der Waals surface area contributed by atoms with Gasteiger partial charge >= 0.3 is 6.18 Å². The predicted octanol–water partition coefficient (Wildman–Crippen LogP) is 4.79. The van der Waals surface area contributed by atoms with E-state index in [9.17, 15) is 18.3 Å². The lowest BCUT2D eigenvalue weighted by Crippen LogP contribution is -2.04. The van der Waals surface area contributed by atoms with E-state index >= 15 is 0 Å². The maximum absolute atomic E-state index is 12.8. The Bertz CT molecular complexity index is 1260. The van der Waals surface area contributed by atoms with E-state index in [0.717, 1.165) is 23.3 Å². The number of hydrogen-bond acceptors (Lipinski definition) is 6. The van der Waals surface area contributed by atoms with Gasteiger partial charge in [-0.15, -0.1) is 0 Å². The summed E-state index contributed by atoms with van der Waals surface area (Å²) in [5, 5.41) is 22.6. The van der Waals surface area contributed by atoms with Crippen LogP contribution in [0.15, 0.2) is 61.1 Å². The fourth-order valence-electron chi connectivity index (χ4n) is 3.37. The molecule has 2 heterocycles. The van der Waals surface area contributed by atoms with Crippen LogP contribution in [0.25, 0.3) is 22.2 Å². The highest BCUT2D eigenvalue weighted by atomic mass is 19.4. The molecule has 0 aliphatic heterocycles. The van der Waals surface area contributed by atoms with Crippen molar-refractivity contribution in [3.63, 3.8) is 0 Å². The van der Waals surface area contributed by atoms with Gasteiger partial charge in [-0.3, -0.25) is 4.98 Å². The molecular formula is C23H19F3N4O2. The van der Waals surface area contributed by atoms with Crippen LogP contribution in [0.4, 0.5) is 24.7 Å². The molecule has 0 radical (unpaired) electrons. The molecule has 9 heteroatoms. The zero-order chi connectivity index (χ0) is 22.9. The van der Waals surface area contributed by atoms with Crippen molar-refractivity contribution < 1.29 is 23.4 Å². The van der Waals surface area contributed by atoms with Gasteiger partial charge in [0.25, 0.3) is 0 Å². The van der Waals surface area contributed by atoms with Crippen LogP contribution in [0, 0.1) is 6.92 Å². The van der Waals surface area contributed by atoms with Gasteiger partial charge in [0.2, 0.25) is 0 Å². The number of alkyl halides is 3. The summed E-state index contributed by atoms with van der Waals surface area (Å²) in [5.41, 5.74) is 3.24. The van der Waals surface area contributed by atoms with E-state index in [2.05, 4.69) is 20.3 Å². The van der Waals surface area contributed by atoms with Crippen LogP contribution < -0.4 is 5.32 Å². The van der Waals surface area contributed by atoms with Crippen molar-refractivity contribution in [3.05, 3.63) is 77.7 Å². The topological polar surface area (TPSA) is 91.2 Å². The first kappa shape index (κ1) is 21.7. The van der Waals surface area contributed by atoms with Crippen molar-refractivity contribution in [1.29, 1.82) is 0 Å². The summed E-state index contributed by atoms with van der Waals surface area (Å²) >= 11 is 0. The molecule has 0 spiro atoms. The Morgan fingerprint density at radius 2 is 1.75 bits per heavy atom. The van der Waals surface area contributed by atoms with Crippen molar-refractivity contribution >= 4 is 22.4 Å². The summed E-state index contributed by atoms with van der Waals surface area (Å²) < 4.78 is 38.3. The van der Waals surface area contributed by atoms with Crippen LogP contribution in [-0.4, -0.2) is 31.8 Å². The van der Waals surface area contributed by atoms with E-state index in [1.807, 2.05) is 25.1 Å². The molecule has 0 bridgehead atoms. The lowest BCUT2D eigenvalue weighted by atomic mass is 10.0. The second kappa shape index (κ2) is 8.52. The average Bonchev–Trinajstić information content (AvgIpc) is 2.78. The maximum atomic E-state index is 12.8. The van der Waals surface area contributed by atoms with E-state index < -0.39 is 17.8 Å². The lowest BCUT2D eigenvalue weighted by Gasteiger charge is -2.13. The SMILES string of the molecule is Cc1cc([C@H](O)CO)cnc1-c1ccc2c(Nc3ccc(C(F)(F)F)cc3)ncnc2c1. The first-order chi connectivity index (χ1) is 15.3. The number of anilines is 2. The van der Waals surface area contributed by atoms with E-state index in [1.165, 1.54) is 24.7 Å². The van der Waals surface area contributed by atoms with Crippen LogP contribution in [0.1, 0.15) is 22.8 Å². The number of aryl methyl sites for hydroxylation is 1. The van der Waals surface area contributed by atoms with Crippen LogP contribution in [0.2, 0.25) is 0 Å². The number of aliphatic hydroxyl groups is 2. The summed E-state index contributed by atoms with van der Waals surface area (Å²) in [6.45, 7) is 1.47. The van der Waals surface area contributed by atoms with Crippen molar-refractivity contribution in [3.8, 4) is 11.3 Å². The van der Waals surface area contributed by atoms with Gasteiger partial charge in [-0.2, -0.15) is 13.2 Å². The second-order valence-corrected chi connectivity index (χ2v) is 7.29. The van der Waals surface area contributed by atoms with Gasteiger partial charge in [-0.25, -0.2) is 9.97 Å². The lowest BCUT2D eigenvalue weighted by molar-refractivity contribution is -0.137. The monoisotopic (exact) mass is 440 g/mol. The number of rotatable bonds is 5. The van der Waals surface area contributed by atoms with Gasteiger partial charge in [0.05, 0.1) is 23.4 Å². The number of hydrogen-bond donors (Lipinski definition) is 3. The third-order valence-corrected chi connectivity index (χ3v) is 5.04. The Morgan fingerprint density at radius 3 is 2.41 bits per heavy atom. The van der Waals surface area contributed by atoms with E-state index in [1.54, 1.807) is 6.07 Å². The molecule has 4 aromatic rings. The predicted molar refractivity (Wildman–Crippen MR) is 114 cm³/mol. The number of aliphatic hydroxyl groups excluding tert-OH is 2. The summed E-state index contributed by atoms with van der Waals surface area (Å²) in [5.74, 6) is 0.465. The minimum atomic E-state index is -4.39. The van der Waals surface area contributed by atoms with Crippen LogP contribution >= 0.6 is 0 Å². The second-order valence-electron chi connectivity index (χ2n) is 7.29. The molecule has 0 aliphatic rings. The standard InChI is InChI=1S/C23H19F3N4O2/c1-13-8-15(20(32)11-31)10-27-21(13)14-2-7-18-19(9-14)28-12-29-22(18)30-17-5-3-16(4-6-17)23(24,25)26/h2-10,12,20,31-32H,11H2,1H3,(H,28,29,30)/t20-/m1/s1. The van der Waals surface area contributed by atoms with Gasteiger partial charge in [0, 0.05) is 28.4 Å². The Balaban J connectivity index is 1.64. The molecule has 0 saturated heterocycles. The molecule has 0 unspecified atom stereocenters. The number of nitrogens with zero attached hydrogens (tertiary/aromatic N) is 3. The van der Waals surface area contributed by atoms with Crippen molar-refractivity contribution in [2.45, 2.75) is 19.2 Å². The molecule has 4 rings (SSSR count). The highest BCUT2D eigenvalue weighted by molar-refractivity contribution is 5.93. The van der Waals surface area contributed by atoms with Crippen molar-refractivity contribution in [2.75, 3.05) is 11.9 Å². The number of nitrogens with one attached hydrogen (secondary N) is 1. The first-order valence-corrected chi connectivity index (χ1v) is 9.71. The number of pyridine rings is 1. The zero-order valence-corrected chi connectivity index (χ0v) is 16.9. The van der Waals surface area contributed by atoms with Crippen molar-refractivity contribution in [2.24, 2.45) is 0 Å². The molecule has 32 heavy (non-hydrogen) atoms. The van der Waals surface area contributed by atoms with Crippen molar-refractivity contribution in [1.82, 2.24) is 15.0 Å². The minimum Gasteiger partial charge on any atom is -0.393 e.